The number of piperidine rings is 1. The summed E-state index contributed by atoms with van der Waals surface area (Å²) in [6, 6.07) is 8.76. The van der Waals surface area contributed by atoms with Gasteiger partial charge in [0.15, 0.2) is 6.29 Å². The number of aliphatic hydroxyl groups is 1. The third kappa shape index (κ3) is 1.87. The second-order valence-electron chi connectivity index (χ2n) is 8.83. The third-order valence-electron chi connectivity index (χ3n) is 7.92. The molecule has 1 saturated carbocycles. The molecule has 1 N–H and O–H groups in total. The summed E-state index contributed by atoms with van der Waals surface area (Å²) in [5.74, 6) is 0. The average molecular weight is 369 g/mol. The van der Waals surface area contributed by atoms with E-state index in [1.807, 2.05) is 6.08 Å². The molecule has 5 aliphatic rings. The molecule has 4 fully saturated rings. The van der Waals surface area contributed by atoms with Gasteiger partial charge in [0.2, 0.25) is 0 Å². The van der Waals surface area contributed by atoms with Crippen molar-refractivity contribution in [3.63, 3.8) is 0 Å². The van der Waals surface area contributed by atoms with Gasteiger partial charge in [-0.1, -0.05) is 30.3 Å². The van der Waals surface area contributed by atoms with E-state index in [2.05, 4.69) is 35.7 Å². The van der Waals surface area contributed by atoms with E-state index in [0.717, 1.165) is 38.8 Å². The number of hydrogen-bond donors (Lipinski definition) is 1. The number of hydrogen-bond acceptors (Lipinski definition) is 5. The van der Waals surface area contributed by atoms with Gasteiger partial charge >= 0.3 is 0 Å². The summed E-state index contributed by atoms with van der Waals surface area (Å²) in [5, 5.41) is 12.2. The van der Waals surface area contributed by atoms with E-state index in [0.29, 0.717) is 13.2 Å². The molecule has 0 aromatic heterocycles. The molecule has 1 aromatic rings. The van der Waals surface area contributed by atoms with Crippen molar-refractivity contribution in [2.24, 2.45) is 0 Å². The fourth-order valence-electron chi connectivity index (χ4n) is 6.79. The van der Waals surface area contributed by atoms with Crippen molar-refractivity contribution >= 4 is 0 Å². The quantitative estimate of drug-likeness (QED) is 0.650. The summed E-state index contributed by atoms with van der Waals surface area (Å²) >= 11 is 0. The maximum absolute atomic E-state index is 12.2. The lowest BCUT2D eigenvalue weighted by atomic mass is 9.48. The number of epoxide rings is 1. The molecule has 3 heterocycles. The number of rotatable bonds is 3. The van der Waals surface area contributed by atoms with E-state index >= 15 is 0 Å². The highest BCUT2D eigenvalue weighted by Gasteiger charge is 2.81. The van der Waals surface area contributed by atoms with E-state index in [9.17, 15) is 5.11 Å². The number of fused-ring (bicyclic) bond motifs is 2. The van der Waals surface area contributed by atoms with Crippen LogP contribution in [0.25, 0.3) is 0 Å². The van der Waals surface area contributed by atoms with Crippen LogP contribution in [0.5, 0.6) is 0 Å². The molecular formula is C22H27NO4. The summed E-state index contributed by atoms with van der Waals surface area (Å²) in [7, 11) is 0. The molecule has 0 spiro atoms. The van der Waals surface area contributed by atoms with Gasteiger partial charge in [-0.05, 0) is 43.4 Å². The highest BCUT2D eigenvalue weighted by Crippen LogP contribution is 2.68. The summed E-state index contributed by atoms with van der Waals surface area (Å²) in [5.41, 5.74) is 1.08. The average Bonchev–Trinajstić information content (AvgIpc) is 3.17. The molecule has 5 atom stereocenters. The predicted octanol–water partition coefficient (Wildman–Crippen LogP) is 1.78. The number of nitrogens with zero attached hydrogens (tertiary/aromatic N) is 1. The Morgan fingerprint density at radius 2 is 2.00 bits per heavy atom. The van der Waals surface area contributed by atoms with Crippen molar-refractivity contribution in [1.82, 2.24) is 4.90 Å². The Balaban J connectivity index is 1.50. The maximum atomic E-state index is 12.2. The lowest BCUT2D eigenvalue weighted by molar-refractivity contribution is -0.174. The van der Waals surface area contributed by atoms with Crippen LogP contribution >= 0.6 is 0 Å². The van der Waals surface area contributed by atoms with Gasteiger partial charge in [-0.25, -0.2) is 0 Å². The van der Waals surface area contributed by atoms with E-state index in [1.54, 1.807) is 0 Å². The molecule has 0 radical (unpaired) electrons. The van der Waals surface area contributed by atoms with Gasteiger partial charge in [0.25, 0.3) is 0 Å². The zero-order valence-corrected chi connectivity index (χ0v) is 15.6. The lowest BCUT2D eigenvalue weighted by Gasteiger charge is -2.63. The van der Waals surface area contributed by atoms with Crippen LogP contribution in [0.3, 0.4) is 0 Å². The molecule has 144 valence electrons. The van der Waals surface area contributed by atoms with E-state index in [-0.39, 0.29) is 23.9 Å². The Morgan fingerprint density at radius 3 is 2.81 bits per heavy atom. The Morgan fingerprint density at radius 1 is 1.19 bits per heavy atom. The molecule has 27 heavy (non-hydrogen) atoms. The van der Waals surface area contributed by atoms with Gasteiger partial charge in [0.05, 0.1) is 24.2 Å². The van der Waals surface area contributed by atoms with Crippen molar-refractivity contribution in [3.8, 4) is 0 Å². The second-order valence-corrected chi connectivity index (χ2v) is 8.83. The minimum Gasteiger partial charge on any atom is -0.387 e. The molecule has 2 aliphatic carbocycles. The number of ether oxygens (including phenoxy) is 3. The minimum atomic E-state index is -0.786. The van der Waals surface area contributed by atoms with E-state index in [4.69, 9.17) is 14.2 Å². The Hall–Kier alpha value is -1.24. The fraction of sp³-hybridized carbons (Fsp3) is 0.636. The van der Waals surface area contributed by atoms with Gasteiger partial charge in [-0.3, -0.25) is 4.90 Å². The van der Waals surface area contributed by atoms with Gasteiger partial charge in [-0.2, -0.15) is 0 Å². The standard InChI is InChI=1S/C22H27NO4/c1-2-10-23-11-9-20-16-6-4-3-5-15(16)14-17(23)22(20,24)8-7-21(18(20)27-21)19-25-12-13-26-19/h2-6,17-19,24H,1,7-14H2/t17-,18-,20+,21?,22-/m1/s1. The Kier molecular flexibility index (Phi) is 3.35. The fourth-order valence-corrected chi connectivity index (χ4v) is 6.79. The van der Waals surface area contributed by atoms with Crippen LogP contribution in [-0.2, 0) is 26.0 Å². The van der Waals surface area contributed by atoms with Gasteiger partial charge in [0.1, 0.15) is 11.7 Å². The van der Waals surface area contributed by atoms with Crippen LogP contribution in [0.2, 0.25) is 0 Å². The van der Waals surface area contributed by atoms with Gasteiger partial charge in [-0.15, -0.1) is 6.58 Å². The lowest BCUT2D eigenvalue weighted by Crippen LogP contribution is -2.75. The molecule has 0 amide bonds. The Labute approximate surface area is 159 Å². The van der Waals surface area contributed by atoms with Crippen LogP contribution in [0.15, 0.2) is 36.9 Å². The van der Waals surface area contributed by atoms with Crippen LogP contribution in [0.1, 0.15) is 30.4 Å². The molecular weight excluding hydrogens is 342 g/mol. The van der Waals surface area contributed by atoms with Crippen molar-refractivity contribution in [2.75, 3.05) is 26.3 Å². The van der Waals surface area contributed by atoms with Gasteiger partial charge in [0, 0.05) is 12.6 Å². The SMILES string of the molecule is C=CCN1CC[C@@]23c4ccccc4C[C@@H]1[C@]2(O)CCC1(C2OCCO2)O[C@@H]13. The first-order chi connectivity index (χ1) is 13.2. The normalized spacial score (nSPS) is 45.7. The maximum Gasteiger partial charge on any atom is 0.189 e. The number of likely N-dealkylation sites (tertiary alicyclic amines) is 1. The zero-order chi connectivity index (χ0) is 18.3. The van der Waals surface area contributed by atoms with Crippen molar-refractivity contribution in [1.29, 1.82) is 0 Å². The van der Waals surface area contributed by atoms with Gasteiger partial charge < -0.3 is 19.3 Å². The van der Waals surface area contributed by atoms with E-state index in [1.165, 1.54) is 11.1 Å². The second kappa shape index (κ2) is 5.43. The van der Waals surface area contributed by atoms with Crippen molar-refractivity contribution in [2.45, 2.75) is 60.7 Å². The monoisotopic (exact) mass is 369 g/mol. The third-order valence-corrected chi connectivity index (χ3v) is 7.92. The summed E-state index contributed by atoms with van der Waals surface area (Å²) in [6.45, 7) is 6.97. The first-order valence-electron chi connectivity index (χ1n) is 10.2. The number of benzene rings is 1. The van der Waals surface area contributed by atoms with Crippen LogP contribution in [0.4, 0.5) is 0 Å². The topological polar surface area (TPSA) is 54.5 Å². The van der Waals surface area contributed by atoms with Crippen molar-refractivity contribution in [3.05, 3.63) is 48.0 Å². The molecule has 1 aromatic carbocycles. The summed E-state index contributed by atoms with van der Waals surface area (Å²) in [6.07, 6.45) is 4.92. The van der Waals surface area contributed by atoms with Crippen LogP contribution in [0, 0.1) is 0 Å². The summed E-state index contributed by atoms with van der Waals surface area (Å²) in [4.78, 5) is 2.42. The molecule has 3 aliphatic heterocycles. The van der Waals surface area contributed by atoms with Crippen LogP contribution in [-0.4, -0.2) is 65.9 Å². The van der Waals surface area contributed by atoms with E-state index < -0.39 is 11.2 Å². The highest BCUT2D eigenvalue weighted by atomic mass is 16.8. The first kappa shape index (κ1) is 16.7. The Bertz CT molecular complexity index is 792. The summed E-state index contributed by atoms with van der Waals surface area (Å²) < 4.78 is 18.2. The smallest absolute Gasteiger partial charge is 0.189 e. The molecule has 6 rings (SSSR count). The molecule has 5 heteroatoms. The molecule has 2 bridgehead atoms. The van der Waals surface area contributed by atoms with Crippen LogP contribution < -0.4 is 0 Å². The largest absolute Gasteiger partial charge is 0.387 e. The van der Waals surface area contributed by atoms with Crippen molar-refractivity contribution < 1.29 is 19.3 Å². The highest BCUT2D eigenvalue weighted by molar-refractivity contribution is 5.49. The molecule has 1 unspecified atom stereocenters. The molecule has 3 saturated heterocycles. The predicted molar refractivity (Wildman–Crippen MR) is 99.5 cm³/mol. The first-order valence-corrected chi connectivity index (χ1v) is 10.2. The minimum absolute atomic E-state index is 0.0401. The molecule has 5 nitrogen and oxygen atoms in total. The zero-order valence-electron chi connectivity index (χ0n) is 15.6.